The second-order valence-corrected chi connectivity index (χ2v) is 9.87. The molecule has 0 aromatic rings. The fourth-order valence-electron chi connectivity index (χ4n) is 7.85. The minimum absolute atomic E-state index is 0.0606. The Balaban J connectivity index is 1.61. The van der Waals surface area contributed by atoms with Gasteiger partial charge in [0, 0.05) is 5.92 Å². The van der Waals surface area contributed by atoms with Gasteiger partial charge in [-0.25, -0.2) is 0 Å². The Morgan fingerprint density at radius 2 is 1.71 bits per heavy atom. The van der Waals surface area contributed by atoms with Gasteiger partial charge < -0.3 is 5.11 Å². The highest BCUT2D eigenvalue weighted by molar-refractivity contribution is 5.92. The second kappa shape index (κ2) is 5.69. The van der Waals surface area contributed by atoms with Gasteiger partial charge in [0.1, 0.15) is 0 Å². The van der Waals surface area contributed by atoms with Gasteiger partial charge in [0.15, 0.2) is 5.78 Å². The summed E-state index contributed by atoms with van der Waals surface area (Å²) in [7, 11) is 0. The van der Waals surface area contributed by atoms with E-state index < -0.39 is 0 Å². The Morgan fingerprint density at radius 1 is 1.00 bits per heavy atom. The summed E-state index contributed by atoms with van der Waals surface area (Å²) in [6, 6.07) is 0. The van der Waals surface area contributed by atoms with E-state index in [4.69, 9.17) is 0 Å². The van der Waals surface area contributed by atoms with Crippen molar-refractivity contribution in [1.82, 2.24) is 0 Å². The maximum Gasteiger partial charge on any atom is 0.158 e. The quantitative estimate of drug-likeness (QED) is 0.741. The van der Waals surface area contributed by atoms with Gasteiger partial charge in [-0.15, -0.1) is 0 Å². The molecule has 0 heterocycles. The average molecular weight is 331 g/mol. The van der Waals surface area contributed by atoms with Crippen LogP contribution in [0.3, 0.4) is 0 Å². The molecule has 0 aromatic heterocycles. The van der Waals surface area contributed by atoms with Gasteiger partial charge in [-0.2, -0.15) is 0 Å². The largest absolute Gasteiger partial charge is 0.393 e. The van der Waals surface area contributed by atoms with Crippen molar-refractivity contribution in [3.05, 3.63) is 12.7 Å². The van der Waals surface area contributed by atoms with Gasteiger partial charge in [0.25, 0.3) is 0 Å². The first-order chi connectivity index (χ1) is 11.4. The maximum absolute atomic E-state index is 12.4. The van der Waals surface area contributed by atoms with Crippen molar-refractivity contribution in [3.8, 4) is 0 Å². The molecular formula is C22H34O2. The van der Waals surface area contributed by atoms with Gasteiger partial charge in [-0.05, 0) is 98.4 Å². The summed E-state index contributed by atoms with van der Waals surface area (Å²) in [5.74, 6) is 3.59. The highest BCUT2D eigenvalue weighted by Gasteiger charge is 2.60. The summed E-state index contributed by atoms with van der Waals surface area (Å²) in [5, 5.41) is 10.1. The highest BCUT2D eigenvalue weighted by atomic mass is 16.3. The van der Waals surface area contributed by atoms with Crippen LogP contribution in [-0.2, 0) is 4.79 Å². The topological polar surface area (TPSA) is 37.3 Å². The monoisotopic (exact) mass is 330 g/mol. The van der Waals surface area contributed by atoms with Gasteiger partial charge >= 0.3 is 0 Å². The molecule has 0 aliphatic heterocycles. The van der Waals surface area contributed by atoms with Crippen molar-refractivity contribution in [1.29, 1.82) is 0 Å². The number of hydrogen-bond acceptors (Lipinski definition) is 2. The van der Waals surface area contributed by atoms with Gasteiger partial charge in [-0.1, -0.05) is 20.4 Å². The summed E-state index contributed by atoms with van der Waals surface area (Å²) in [6.45, 7) is 8.70. The fraction of sp³-hybridized carbons (Fsp3) is 0.864. The van der Waals surface area contributed by atoms with E-state index in [0.717, 1.165) is 42.9 Å². The van der Waals surface area contributed by atoms with E-state index in [-0.39, 0.29) is 17.4 Å². The van der Waals surface area contributed by atoms with E-state index in [0.29, 0.717) is 11.2 Å². The lowest BCUT2D eigenvalue weighted by atomic mass is 9.44. The number of aliphatic hydroxyl groups is 1. The summed E-state index contributed by atoms with van der Waals surface area (Å²) >= 11 is 0. The molecule has 0 spiro atoms. The van der Waals surface area contributed by atoms with Crippen LogP contribution in [0.5, 0.6) is 0 Å². The molecule has 24 heavy (non-hydrogen) atoms. The fourth-order valence-corrected chi connectivity index (χ4v) is 7.85. The molecule has 0 radical (unpaired) electrons. The summed E-state index contributed by atoms with van der Waals surface area (Å²) < 4.78 is 0. The van der Waals surface area contributed by atoms with E-state index >= 15 is 0 Å². The minimum atomic E-state index is -0.0606. The van der Waals surface area contributed by atoms with Crippen LogP contribution in [-0.4, -0.2) is 17.0 Å². The number of ketones is 1. The van der Waals surface area contributed by atoms with Crippen LogP contribution in [0.2, 0.25) is 0 Å². The molecule has 1 N–H and O–H groups in total. The zero-order chi connectivity index (χ0) is 17.1. The molecule has 4 aliphatic rings. The van der Waals surface area contributed by atoms with Crippen molar-refractivity contribution >= 4 is 5.78 Å². The molecule has 2 unspecified atom stereocenters. The zero-order valence-corrected chi connectivity index (χ0v) is 15.5. The smallest absolute Gasteiger partial charge is 0.158 e. The predicted molar refractivity (Wildman–Crippen MR) is 96.4 cm³/mol. The molecule has 2 nitrogen and oxygen atoms in total. The highest BCUT2D eigenvalue weighted by Crippen LogP contribution is 2.67. The first kappa shape index (κ1) is 16.8. The average Bonchev–Trinajstić information content (AvgIpc) is 2.92. The minimum Gasteiger partial charge on any atom is -0.393 e. The van der Waals surface area contributed by atoms with Crippen LogP contribution in [0, 0.1) is 40.4 Å². The normalized spacial score (nSPS) is 53.6. The Bertz CT molecular complexity index is 540. The van der Waals surface area contributed by atoms with Crippen LogP contribution in [0.4, 0.5) is 0 Å². The Hall–Kier alpha value is -0.630. The number of hydrogen-bond donors (Lipinski definition) is 1. The maximum atomic E-state index is 12.4. The number of aliphatic hydroxyl groups excluding tert-OH is 1. The van der Waals surface area contributed by atoms with E-state index in [1.54, 1.807) is 6.08 Å². The van der Waals surface area contributed by atoms with Crippen molar-refractivity contribution in [3.63, 3.8) is 0 Å². The van der Waals surface area contributed by atoms with Crippen LogP contribution < -0.4 is 0 Å². The van der Waals surface area contributed by atoms with Crippen molar-refractivity contribution in [2.24, 2.45) is 40.4 Å². The van der Waals surface area contributed by atoms with Crippen LogP contribution >= 0.6 is 0 Å². The molecule has 0 aromatic carbocycles. The molecule has 4 rings (SSSR count). The third-order valence-electron chi connectivity index (χ3n) is 9.18. The zero-order valence-electron chi connectivity index (χ0n) is 15.5. The van der Waals surface area contributed by atoms with E-state index in [2.05, 4.69) is 20.4 Å². The number of allylic oxidation sites excluding steroid dienone is 1. The lowest BCUT2D eigenvalue weighted by molar-refractivity contribution is -0.136. The first-order valence-corrected chi connectivity index (χ1v) is 10.2. The Labute approximate surface area is 147 Å². The van der Waals surface area contributed by atoms with Crippen LogP contribution in [0.15, 0.2) is 12.7 Å². The summed E-state index contributed by atoms with van der Waals surface area (Å²) in [6.07, 6.45) is 12.2. The number of carbonyl (C=O) groups excluding carboxylic acids is 1. The molecule has 4 fully saturated rings. The molecular weight excluding hydrogens is 296 g/mol. The van der Waals surface area contributed by atoms with Gasteiger partial charge in [0.2, 0.25) is 0 Å². The second-order valence-electron chi connectivity index (χ2n) is 9.87. The number of fused-ring (bicyclic) bond motifs is 5. The molecule has 0 saturated heterocycles. The number of rotatable bonds is 2. The molecule has 0 bridgehead atoms. The van der Waals surface area contributed by atoms with Gasteiger partial charge in [-0.3, -0.25) is 4.79 Å². The first-order valence-electron chi connectivity index (χ1n) is 10.2. The van der Waals surface area contributed by atoms with Crippen LogP contribution in [0.25, 0.3) is 0 Å². The van der Waals surface area contributed by atoms with Crippen molar-refractivity contribution < 1.29 is 9.90 Å². The third-order valence-corrected chi connectivity index (χ3v) is 9.18. The Morgan fingerprint density at radius 3 is 2.46 bits per heavy atom. The Kier molecular flexibility index (Phi) is 3.99. The number of carbonyl (C=O) groups is 1. The van der Waals surface area contributed by atoms with Crippen molar-refractivity contribution in [2.45, 2.75) is 77.7 Å². The van der Waals surface area contributed by atoms with Crippen molar-refractivity contribution in [2.75, 3.05) is 0 Å². The molecule has 0 amide bonds. The summed E-state index contributed by atoms with van der Waals surface area (Å²) in [5.41, 5.74) is 0.647. The molecule has 134 valence electrons. The van der Waals surface area contributed by atoms with E-state index in [9.17, 15) is 9.90 Å². The van der Waals surface area contributed by atoms with E-state index in [1.165, 1.54) is 38.5 Å². The lowest BCUT2D eigenvalue weighted by Gasteiger charge is -2.60. The molecule has 8 atom stereocenters. The third kappa shape index (κ3) is 2.21. The van der Waals surface area contributed by atoms with Crippen LogP contribution in [0.1, 0.15) is 71.6 Å². The molecule has 4 aliphatic carbocycles. The van der Waals surface area contributed by atoms with E-state index in [1.807, 2.05) is 0 Å². The SMILES string of the molecule is C=CC(=O)[C@H]1CC[C@H]2[C@@H]3CCC4CC(O)CC[C@]4(C)[C@H]3CC[C@]12C. The predicted octanol–water partition coefficient (Wildman–Crippen LogP) is 4.76. The van der Waals surface area contributed by atoms with Gasteiger partial charge in [0.05, 0.1) is 6.10 Å². The molecule has 4 saturated carbocycles. The lowest BCUT2D eigenvalue weighted by Crippen LogP contribution is -2.54. The molecule has 2 heteroatoms. The summed E-state index contributed by atoms with van der Waals surface area (Å²) in [4.78, 5) is 12.4. The standard InChI is InChI=1S/C22H34O2/c1-4-20(24)19-8-7-17-16-6-5-14-13-15(23)9-11-21(14,2)18(16)10-12-22(17,19)3/h4,14-19,23H,1,5-13H2,2-3H3/t14?,15?,16-,17-,18-,19+,21-,22-/m0/s1.